The smallest absolute Gasteiger partial charge is 0.340 e. The largest absolute Gasteiger partial charge is 0.390 e. The Balaban J connectivity index is 3.69. The van der Waals surface area contributed by atoms with Crippen molar-refractivity contribution in [2.45, 2.75) is 33.1 Å². The molecule has 0 aromatic carbocycles. The van der Waals surface area contributed by atoms with Crippen LogP contribution in [-0.4, -0.2) is 11.9 Å². The van der Waals surface area contributed by atoms with Gasteiger partial charge in [0.05, 0.1) is 0 Å². The zero-order chi connectivity index (χ0) is 9.56. The van der Waals surface area contributed by atoms with Crippen molar-refractivity contribution in [1.82, 2.24) is 0 Å². The Morgan fingerprint density at radius 2 is 2.00 bits per heavy atom. The number of ether oxygens (including phenoxy) is 1. The van der Waals surface area contributed by atoms with Gasteiger partial charge in [0.2, 0.25) is 0 Å². The monoisotopic (exact) mass is 170 g/mol. The van der Waals surface area contributed by atoms with Crippen molar-refractivity contribution in [2.75, 3.05) is 0 Å². The summed E-state index contributed by atoms with van der Waals surface area (Å²) in [5.41, 5.74) is 0.250. The van der Waals surface area contributed by atoms with Gasteiger partial charge in [-0.1, -0.05) is 19.9 Å². The van der Waals surface area contributed by atoms with Crippen LogP contribution in [0.25, 0.3) is 0 Å². The zero-order valence-corrected chi connectivity index (χ0v) is 7.55. The van der Waals surface area contributed by atoms with E-state index in [4.69, 9.17) is 0 Å². The van der Waals surface area contributed by atoms with Gasteiger partial charge in [-0.2, -0.15) is 0 Å². The Bertz CT molecular complexity index is 194. The molecule has 0 aromatic rings. The maximum Gasteiger partial charge on any atom is 0.340 e. The average Bonchev–Trinajstić information content (AvgIpc) is 2.00. The lowest BCUT2D eigenvalue weighted by Crippen LogP contribution is -2.12. The van der Waals surface area contributed by atoms with Crippen molar-refractivity contribution >= 4 is 11.9 Å². The molecule has 0 atom stereocenters. The quantitative estimate of drug-likeness (QED) is 0.367. The molecule has 0 bridgehead atoms. The lowest BCUT2D eigenvalue weighted by atomic mass is 10.2. The standard InChI is InChI=1S/C9H14O3/c1-4-5-6-8(10)12-9(11)7(2)3/h2,4-6H2,1,3H3. The molecule has 12 heavy (non-hydrogen) atoms. The molecule has 0 rings (SSSR count). The fourth-order valence-corrected chi connectivity index (χ4v) is 0.563. The molecule has 0 unspecified atom stereocenters. The summed E-state index contributed by atoms with van der Waals surface area (Å²) in [5, 5.41) is 0. The Labute approximate surface area is 72.4 Å². The highest BCUT2D eigenvalue weighted by Gasteiger charge is 2.09. The minimum Gasteiger partial charge on any atom is -0.390 e. The molecule has 0 aliphatic rings. The molecule has 0 spiro atoms. The van der Waals surface area contributed by atoms with Crippen LogP contribution < -0.4 is 0 Å². The van der Waals surface area contributed by atoms with Crippen molar-refractivity contribution in [2.24, 2.45) is 0 Å². The van der Waals surface area contributed by atoms with Crippen LogP contribution >= 0.6 is 0 Å². The molecular weight excluding hydrogens is 156 g/mol. The van der Waals surface area contributed by atoms with Crippen molar-refractivity contribution < 1.29 is 14.3 Å². The maximum absolute atomic E-state index is 10.8. The van der Waals surface area contributed by atoms with E-state index < -0.39 is 11.9 Å². The van der Waals surface area contributed by atoms with Crippen molar-refractivity contribution in [3.63, 3.8) is 0 Å². The molecule has 0 heterocycles. The van der Waals surface area contributed by atoms with E-state index >= 15 is 0 Å². The van der Waals surface area contributed by atoms with Gasteiger partial charge >= 0.3 is 11.9 Å². The lowest BCUT2D eigenvalue weighted by molar-refractivity contribution is -0.156. The predicted octanol–water partition coefficient (Wildman–Crippen LogP) is 1.82. The summed E-state index contributed by atoms with van der Waals surface area (Å²) in [4.78, 5) is 21.6. The van der Waals surface area contributed by atoms with Crippen LogP contribution in [0.5, 0.6) is 0 Å². The molecule has 68 valence electrons. The minimum absolute atomic E-state index is 0.250. The highest BCUT2D eigenvalue weighted by molar-refractivity contribution is 5.95. The van der Waals surface area contributed by atoms with E-state index in [2.05, 4.69) is 11.3 Å². The molecule has 0 fully saturated rings. The van der Waals surface area contributed by atoms with E-state index in [0.29, 0.717) is 6.42 Å². The van der Waals surface area contributed by atoms with E-state index in [1.54, 1.807) is 0 Å². The average molecular weight is 170 g/mol. The Morgan fingerprint density at radius 3 is 2.42 bits per heavy atom. The second-order valence-electron chi connectivity index (χ2n) is 2.65. The summed E-state index contributed by atoms with van der Waals surface area (Å²) in [6.45, 7) is 6.84. The molecule has 0 radical (unpaired) electrons. The predicted molar refractivity (Wildman–Crippen MR) is 45.4 cm³/mol. The molecule has 3 nitrogen and oxygen atoms in total. The number of hydrogen-bond acceptors (Lipinski definition) is 3. The summed E-state index contributed by atoms with van der Waals surface area (Å²) in [6.07, 6.45) is 1.97. The van der Waals surface area contributed by atoms with Crippen LogP contribution in [0.1, 0.15) is 33.1 Å². The molecule has 0 N–H and O–H groups in total. The third-order valence-corrected chi connectivity index (χ3v) is 1.29. The molecule has 0 saturated carbocycles. The number of carbonyl (C=O) groups is 2. The highest BCUT2D eigenvalue weighted by Crippen LogP contribution is 1.99. The van der Waals surface area contributed by atoms with Crippen molar-refractivity contribution in [3.05, 3.63) is 12.2 Å². The fourth-order valence-electron chi connectivity index (χ4n) is 0.563. The van der Waals surface area contributed by atoms with Crippen LogP contribution in [-0.2, 0) is 14.3 Å². The molecule has 0 aromatic heterocycles. The van der Waals surface area contributed by atoms with Gasteiger partial charge < -0.3 is 4.74 Å². The first-order valence-electron chi connectivity index (χ1n) is 3.98. The van der Waals surface area contributed by atoms with Gasteiger partial charge in [-0.15, -0.1) is 0 Å². The Morgan fingerprint density at radius 1 is 1.42 bits per heavy atom. The van der Waals surface area contributed by atoms with Gasteiger partial charge in [0, 0.05) is 12.0 Å². The van der Waals surface area contributed by atoms with E-state index in [1.807, 2.05) is 6.92 Å². The lowest BCUT2D eigenvalue weighted by Gasteiger charge is -2.00. The minimum atomic E-state index is -0.629. The number of unbranched alkanes of at least 4 members (excludes halogenated alkanes) is 1. The summed E-state index contributed by atoms with van der Waals surface area (Å²) in [5.74, 6) is -1.10. The molecule has 3 heteroatoms. The van der Waals surface area contributed by atoms with Crippen molar-refractivity contribution in [1.29, 1.82) is 0 Å². The summed E-state index contributed by atoms with van der Waals surface area (Å²) in [6, 6.07) is 0. The van der Waals surface area contributed by atoms with Crippen LogP contribution in [0, 0.1) is 0 Å². The van der Waals surface area contributed by atoms with Gasteiger partial charge in [0.25, 0.3) is 0 Å². The first-order chi connectivity index (χ1) is 5.57. The highest BCUT2D eigenvalue weighted by atomic mass is 16.6. The summed E-state index contributed by atoms with van der Waals surface area (Å²) in [7, 11) is 0. The fraction of sp³-hybridized carbons (Fsp3) is 0.556. The van der Waals surface area contributed by atoms with Gasteiger partial charge in [0.15, 0.2) is 0 Å². The van der Waals surface area contributed by atoms with Gasteiger partial charge in [-0.05, 0) is 13.3 Å². The van der Waals surface area contributed by atoms with Gasteiger partial charge in [-0.25, -0.2) is 4.79 Å². The first kappa shape index (κ1) is 10.9. The third-order valence-electron chi connectivity index (χ3n) is 1.29. The molecule has 0 amide bonds. The van der Waals surface area contributed by atoms with Gasteiger partial charge in [-0.3, -0.25) is 4.79 Å². The van der Waals surface area contributed by atoms with Crippen molar-refractivity contribution in [3.8, 4) is 0 Å². The van der Waals surface area contributed by atoms with E-state index in [0.717, 1.165) is 12.8 Å². The molecular formula is C9H14O3. The second kappa shape index (κ2) is 5.52. The summed E-state index contributed by atoms with van der Waals surface area (Å²) >= 11 is 0. The van der Waals surface area contributed by atoms with Crippen LogP contribution in [0.15, 0.2) is 12.2 Å². The normalized spacial score (nSPS) is 9.17. The Kier molecular flexibility index (Phi) is 5.00. The first-order valence-corrected chi connectivity index (χ1v) is 3.98. The molecule has 0 saturated heterocycles. The van der Waals surface area contributed by atoms with Crippen LogP contribution in [0.4, 0.5) is 0 Å². The van der Waals surface area contributed by atoms with Gasteiger partial charge in [0.1, 0.15) is 0 Å². The van der Waals surface area contributed by atoms with Crippen LogP contribution in [0.3, 0.4) is 0 Å². The molecule has 0 aliphatic carbocycles. The second-order valence-corrected chi connectivity index (χ2v) is 2.65. The number of hydrogen-bond donors (Lipinski definition) is 0. The molecule has 0 aliphatic heterocycles. The zero-order valence-electron chi connectivity index (χ0n) is 7.55. The third kappa shape index (κ3) is 4.66. The van der Waals surface area contributed by atoms with E-state index in [1.165, 1.54) is 6.92 Å². The number of rotatable bonds is 4. The van der Waals surface area contributed by atoms with Crippen LogP contribution in [0.2, 0.25) is 0 Å². The summed E-state index contributed by atoms with van der Waals surface area (Å²) < 4.78 is 4.44. The number of carbonyl (C=O) groups excluding carboxylic acids is 2. The number of esters is 2. The Hall–Kier alpha value is -1.12. The van der Waals surface area contributed by atoms with E-state index in [9.17, 15) is 9.59 Å². The SMILES string of the molecule is C=C(C)C(=O)OC(=O)CCCC. The maximum atomic E-state index is 10.8. The van der Waals surface area contributed by atoms with E-state index in [-0.39, 0.29) is 5.57 Å². The topological polar surface area (TPSA) is 43.4 Å².